The fourth-order valence-electron chi connectivity index (χ4n) is 1.62. The van der Waals surface area contributed by atoms with Gasteiger partial charge in [-0.2, -0.15) is 0 Å². The van der Waals surface area contributed by atoms with Gasteiger partial charge in [0.15, 0.2) is 0 Å². The summed E-state index contributed by atoms with van der Waals surface area (Å²) in [4.78, 5) is 18.8. The lowest BCUT2D eigenvalue weighted by Crippen LogP contribution is -2.25. The van der Waals surface area contributed by atoms with Crippen molar-refractivity contribution in [2.75, 3.05) is 6.54 Å². The van der Waals surface area contributed by atoms with Crippen molar-refractivity contribution in [1.82, 2.24) is 15.3 Å². The lowest BCUT2D eigenvalue weighted by atomic mass is 10.1. The molecule has 1 aromatic carbocycles. The summed E-state index contributed by atoms with van der Waals surface area (Å²) >= 11 is 3.41. The molecule has 1 heterocycles. The van der Waals surface area contributed by atoms with E-state index in [1.54, 1.807) is 12.5 Å². The number of nitrogens with one attached hydrogen (secondary N) is 2. The van der Waals surface area contributed by atoms with Crippen molar-refractivity contribution in [1.29, 1.82) is 0 Å². The number of rotatable bonds is 4. The number of aryl methyl sites for hydroxylation is 1. The van der Waals surface area contributed by atoms with Crippen molar-refractivity contribution in [2.24, 2.45) is 0 Å². The Kier molecular flexibility index (Phi) is 4.15. The minimum absolute atomic E-state index is 0.0508. The third-order valence-electron chi connectivity index (χ3n) is 2.65. The van der Waals surface area contributed by atoms with Crippen LogP contribution in [-0.4, -0.2) is 22.4 Å². The molecule has 5 heteroatoms. The Morgan fingerprint density at radius 2 is 2.33 bits per heavy atom. The number of halogens is 1. The van der Waals surface area contributed by atoms with Gasteiger partial charge in [-0.05, 0) is 30.7 Å². The zero-order chi connectivity index (χ0) is 13.0. The lowest BCUT2D eigenvalue weighted by Gasteiger charge is -2.06. The molecule has 2 aromatic rings. The van der Waals surface area contributed by atoms with Gasteiger partial charge in [0.2, 0.25) is 0 Å². The number of hydrogen-bond donors (Lipinski definition) is 2. The Bertz CT molecular complexity index is 537. The molecule has 0 spiro atoms. The van der Waals surface area contributed by atoms with E-state index in [4.69, 9.17) is 0 Å². The Hall–Kier alpha value is -1.62. The summed E-state index contributed by atoms with van der Waals surface area (Å²) in [6.07, 6.45) is 4.15. The van der Waals surface area contributed by atoms with Crippen LogP contribution < -0.4 is 5.32 Å². The van der Waals surface area contributed by atoms with E-state index in [0.717, 1.165) is 22.2 Å². The zero-order valence-corrected chi connectivity index (χ0v) is 11.6. The van der Waals surface area contributed by atoms with Gasteiger partial charge in [-0.1, -0.05) is 15.9 Å². The molecular formula is C13H14BrN3O. The molecule has 0 atom stereocenters. The molecule has 2 rings (SSSR count). The van der Waals surface area contributed by atoms with Crippen LogP contribution in [0.25, 0.3) is 0 Å². The van der Waals surface area contributed by atoms with E-state index < -0.39 is 0 Å². The average molecular weight is 308 g/mol. The zero-order valence-electron chi connectivity index (χ0n) is 10.0. The number of carbonyl (C=O) groups excluding carboxylic acids is 1. The molecule has 18 heavy (non-hydrogen) atoms. The average Bonchev–Trinajstić information content (AvgIpc) is 2.85. The highest BCUT2D eigenvalue weighted by Gasteiger charge is 2.06. The first-order valence-corrected chi connectivity index (χ1v) is 6.47. The fraction of sp³-hybridized carbons (Fsp3) is 0.231. The van der Waals surface area contributed by atoms with Gasteiger partial charge in [-0.15, -0.1) is 0 Å². The smallest absolute Gasteiger partial charge is 0.251 e. The predicted molar refractivity (Wildman–Crippen MR) is 73.5 cm³/mol. The van der Waals surface area contributed by atoms with E-state index in [-0.39, 0.29) is 5.91 Å². The van der Waals surface area contributed by atoms with E-state index in [1.807, 2.05) is 25.1 Å². The van der Waals surface area contributed by atoms with Crippen LogP contribution in [0.1, 0.15) is 21.6 Å². The highest BCUT2D eigenvalue weighted by molar-refractivity contribution is 9.10. The number of aromatic nitrogens is 2. The van der Waals surface area contributed by atoms with Crippen LogP contribution in [0.4, 0.5) is 0 Å². The molecule has 0 bridgehead atoms. The van der Waals surface area contributed by atoms with Crippen LogP contribution in [0.2, 0.25) is 0 Å². The van der Waals surface area contributed by atoms with Gasteiger partial charge in [0.25, 0.3) is 5.91 Å². The minimum Gasteiger partial charge on any atom is -0.352 e. The number of imidazole rings is 1. The lowest BCUT2D eigenvalue weighted by molar-refractivity contribution is 0.0954. The SMILES string of the molecule is Cc1cc(C(=O)NCCc2cnc[nH]2)ccc1Br. The Morgan fingerprint density at radius 3 is 3.00 bits per heavy atom. The molecule has 0 unspecified atom stereocenters. The van der Waals surface area contributed by atoms with Crippen molar-refractivity contribution in [3.63, 3.8) is 0 Å². The van der Waals surface area contributed by atoms with Gasteiger partial charge in [-0.25, -0.2) is 4.98 Å². The van der Waals surface area contributed by atoms with Crippen molar-refractivity contribution in [2.45, 2.75) is 13.3 Å². The molecular weight excluding hydrogens is 294 g/mol. The third-order valence-corrected chi connectivity index (χ3v) is 3.54. The second kappa shape index (κ2) is 5.82. The van der Waals surface area contributed by atoms with Gasteiger partial charge in [0, 0.05) is 34.9 Å². The van der Waals surface area contributed by atoms with E-state index in [9.17, 15) is 4.79 Å². The molecule has 0 radical (unpaired) electrons. The van der Waals surface area contributed by atoms with Crippen LogP contribution in [0.5, 0.6) is 0 Å². The predicted octanol–water partition coefficient (Wildman–Crippen LogP) is 2.45. The second-order valence-corrected chi connectivity index (χ2v) is 4.90. The number of benzene rings is 1. The van der Waals surface area contributed by atoms with Crippen molar-refractivity contribution in [3.05, 3.63) is 52.0 Å². The molecule has 1 amide bonds. The standard InChI is InChI=1S/C13H14BrN3O/c1-9-6-10(2-3-12(9)14)13(18)16-5-4-11-7-15-8-17-11/h2-3,6-8H,4-5H2,1H3,(H,15,17)(H,16,18). The molecule has 94 valence electrons. The maximum absolute atomic E-state index is 11.9. The van der Waals surface area contributed by atoms with Gasteiger partial charge in [-0.3, -0.25) is 4.79 Å². The Balaban J connectivity index is 1.89. The number of aromatic amines is 1. The van der Waals surface area contributed by atoms with Gasteiger partial charge < -0.3 is 10.3 Å². The Labute approximate surface area is 114 Å². The first-order valence-electron chi connectivity index (χ1n) is 5.68. The molecule has 0 aliphatic heterocycles. The van der Waals surface area contributed by atoms with Crippen LogP contribution in [0.15, 0.2) is 35.2 Å². The molecule has 4 nitrogen and oxygen atoms in total. The van der Waals surface area contributed by atoms with Gasteiger partial charge in [0.1, 0.15) is 0 Å². The molecule has 0 aliphatic carbocycles. The van der Waals surface area contributed by atoms with Crippen LogP contribution in [0, 0.1) is 6.92 Å². The first kappa shape index (κ1) is 12.8. The van der Waals surface area contributed by atoms with Gasteiger partial charge >= 0.3 is 0 Å². The highest BCUT2D eigenvalue weighted by atomic mass is 79.9. The van der Waals surface area contributed by atoms with E-state index in [2.05, 4.69) is 31.2 Å². The number of hydrogen-bond acceptors (Lipinski definition) is 2. The van der Waals surface area contributed by atoms with E-state index in [1.165, 1.54) is 0 Å². The fourth-order valence-corrected chi connectivity index (χ4v) is 1.87. The minimum atomic E-state index is -0.0508. The normalized spacial score (nSPS) is 10.3. The molecule has 1 aromatic heterocycles. The first-order chi connectivity index (χ1) is 8.66. The van der Waals surface area contributed by atoms with Crippen molar-refractivity contribution < 1.29 is 4.79 Å². The summed E-state index contributed by atoms with van der Waals surface area (Å²) in [6.45, 7) is 2.56. The van der Waals surface area contributed by atoms with E-state index in [0.29, 0.717) is 12.1 Å². The summed E-state index contributed by atoms with van der Waals surface area (Å²) in [5.41, 5.74) is 2.75. The van der Waals surface area contributed by atoms with Crippen LogP contribution in [-0.2, 0) is 6.42 Å². The van der Waals surface area contributed by atoms with Crippen molar-refractivity contribution >= 4 is 21.8 Å². The van der Waals surface area contributed by atoms with Crippen LogP contribution >= 0.6 is 15.9 Å². The van der Waals surface area contributed by atoms with Gasteiger partial charge in [0.05, 0.1) is 6.33 Å². The number of H-pyrrole nitrogens is 1. The van der Waals surface area contributed by atoms with Crippen molar-refractivity contribution in [3.8, 4) is 0 Å². The number of carbonyl (C=O) groups is 1. The molecule has 2 N–H and O–H groups in total. The maximum atomic E-state index is 11.9. The summed E-state index contributed by atoms with van der Waals surface area (Å²) < 4.78 is 1.01. The summed E-state index contributed by atoms with van der Waals surface area (Å²) in [6, 6.07) is 5.57. The second-order valence-electron chi connectivity index (χ2n) is 4.05. The summed E-state index contributed by atoms with van der Waals surface area (Å²) in [5.74, 6) is -0.0508. The monoisotopic (exact) mass is 307 g/mol. The molecule has 0 fully saturated rings. The third kappa shape index (κ3) is 3.20. The largest absolute Gasteiger partial charge is 0.352 e. The molecule has 0 saturated carbocycles. The molecule has 0 saturated heterocycles. The number of nitrogens with zero attached hydrogens (tertiary/aromatic N) is 1. The summed E-state index contributed by atoms with van der Waals surface area (Å²) in [7, 11) is 0. The quantitative estimate of drug-likeness (QED) is 0.911. The number of amides is 1. The molecule has 0 aliphatic rings. The highest BCUT2D eigenvalue weighted by Crippen LogP contribution is 2.16. The van der Waals surface area contributed by atoms with E-state index >= 15 is 0 Å². The maximum Gasteiger partial charge on any atom is 0.251 e. The summed E-state index contributed by atoms with van der Waals surface area (Å²) in [5, 5.41) is 2.88. The topological polar surface area (TPSA) is 57.8 Å². The Morgan fingerprint density at radius 1 is 1.50 bits per heavy atom. The van der Waals surface area contributed by atoms with Crippen LogP contribution in [0.3, 0.4) is 0 Å².